The largest absolute Gasteiger partial charge is 0.324 e. The van der Waals surface area contributed by atoms with E-state index in [1.165, 1.54) is 5.56 Å². The van der Waals surface area contributed by atoms with Crippen molar-refractivity contribution in [2.45, 2.75) is 43.9 Å². The summed E-state index contributed by atoms with van der Waals surface area (Å²) in [5.41, 5.74) is 2.85. The number of para-hydroxylation sites is 1. The summed E-state index contributed by atoms with van der Waals surface area (Å²) in [6.45, 7) is 8.60. The molecule has 164 valence electrons. The molecule has 31 heavy (non-hydrogen) atoms. The molecule has 5 nitrogen and oxygen atoms in total. The van der Waals surface area contributed by atoms with Crippen LogP contribution in [-0.2, 0) is 5.41 Å². The van der Waals surface area contributed by atoms with Crippen LogP contribution in [0.25, 0.3) is 0 Å². The van der Waals surface area contributed by atoms with Crippen LogP contribution in [0.15, 0.2) is 54.6 Å². The first-order valence-corrected chi connectivity index (χ1v) is 11.9. The third kappa shape index (κ3) is 4.59. The van der Waals surface area contributed by atoms with Gasteiger partial charge < -0.3 is 15.1 Å². The van der Waals surface area contributed by atoms with Crippen molar-refractivity contribution >= 4 is 29.4 Å². The van der Waals surface area contributed by atoms with E-state index in [2.05, 4.69) is 43.1 Å². The Labute approximate surface area is 189 Å². The highest BCUT2D eigenvalue weighted by Gasteiger charge is 2.47. The smallest absolute Gasteiger partial charge is 0.321 e. The molecular formula is C25H31N3O2S. The minimum Gasteiger partial charge on any atom is -0.324 e. The lowest BCUT2D eigenvalue weighted by Crippen LogP contribution is -2.54. The highest BCUT2D eigenvalue weighted by molar-refractivity contribution is 8.00. The molecule has 2 aliphatic rings. The zero-order valence-electron chi connectivity index (χ0n) is 18.6. The Morgan fingerprint density at radius 1 is 0.935 bits per heavy atom. The maximum Gasteiger partial charge on any atom is 0.321 e. The van der Waals surface area contributed by atoms with E-state index in [4.69, 9.17) is 0 Å². The van der Waals surface area contributed by atoms with Gasteiger partial charge in [-0.05, 0) is 48.1 Å². The summed E-state index contributed by atoms with van der Waals surface area (Å²) in [7, 11) is 0. The number of carbonyl (C=O) groups is 2. The molecule has 6 heteroatoms. The summed E-state index contributed by atoms with van der Waals surface area (Å²) >= 11 is 1.87. The standard InChI is InChI=1S/C25H31N3O2S/c1-24(2,3)20-11-9-19(10-12-20)22(29)28-17-18-31-25(28)13-15-27(16-14-25)23(30)26-21-7-5-4-6-8-21/h4-12H,13-18H2,1-3H3,(H,26,30). The van der Waals surface area contributed by atoms with E-state index in [9.17, 15) is 9.59 Å². The zero-order valence-corrected chi connectivity index (χ0v) is 19.4. The Bertz CT molecular complexity index is 929. The Morgan fingerprint density at radius 2 is 1.58 bits per heavy atom. The number of benzene rings is 2. The lowest BCUT2D eigenvalue weighted by molar-refractivity contribution is 0.0585. The van der Waals surface area contributed by atoms with E-state index in [-0.39, 0.29) is 22.2 Å². The van der Waals surface area contributed by atoms with Crippen molar-refractivity contribution in [3.05, 3.63) is 65.7 Å². The van der Waals surface area contributed by atoms with Gasteiger partial charge in [-0.25, -0.2) is 4.79 Å². The third-order valence-electron chi connectivity index (χ3n) is 6.28. The average molecular weight is 438 g/mol. The normalized spacial score (nSPS) is 18.3. The topological polar surface area (TPSA) is 52.7 Å². The fourth-order valence-corrected chi connectivity index (χ4v) is 5.82. The summed E-state index contributed by atoms with van der Waals surface area (Å²) in [6, 6.07) is 17.5. The molecule has 2 saturated heterocycles. The molecule has 0 unspecified atom stereocenters. The number of hydrogen-bond acceptors (Lipinski definition) is 3. The van der Waals surface area contributed by atoms with Crippen LogP contribution in [0.2, 0.25) is 0 Å². The van der Waals surface area contributed by atoms with Gasteiger partial charge in [0.15, 0.2) is 0 Å². The molecule has 2 fully saturated rings. The molecule has 1 N–H and O–H groups in total. The maximum atomic E-state index is 13.4. The minimum atomic E-state index is -0.205. The molecule has 3 amide bonds. The van der Waals surface area contributed by atoms with Crippen LogP contribution in [0.5, 0.6) is 0 Å². The van der Waals surface area contributed by atoms with Crippen LogP contribution in [-0.4, -0.2) is 52.0 Å². The van der Waals surface area contributed by atoms with Gasteiger partial charge in [0.2, 0.25) is 0 Å². The molecule has 0 aliphatic carbocycles. The van der Waals surface area contributed by atoms with Crippen molar-refractivity contribution in [2.75, 3.05) is 30.7 Å². The minimum absolute atomic E-state index is 0.0689. The van der Waals surface area contributed by atoms with Gasteiger partial charge in [0, 0.05) is 36.6 Å². The van der Waals surface area contributed by atoms with Gasteiger partial charge in [0.1, 0.15) is 0 Å². The fourth-order valence-electron chi connectivity index (χ4n) is 4.36. The van der Waals surface area contributed by atoms with Gasteiger partial charge in [0.25, 0.3) is 5.91 Å². The molecule has 2 heterocycles. The van der Waals surface area contributed by atoms with Crippen LogP contribution in [0, 0.1) is 0 Å². The molecule has 1 spiro atoms. The molecule has 2 aliphatic heterocycles. The van der Waals surface area contributed by atoms with E-state index < -0.39 is 0 Å². The quantitative estimate of drug-likeness (QED) is 0.703. The zero-order chi connectivity index (χ0) is 22.1. The number of thioether (sulfide) groups is 1. The molecule has 2 aromatic carbocycles. The SMILES string of the molecule is CC(C)(C)c1ccc(C(=O)N2CCSC23CCN(C(=O)Nc2ccccc2)CC3)cc1. The monoisotopic (exact) mass is 437 g/mol. The summed E-state index contributed by atoms with van der Waals surface area (Å²) < 4.78 is 0. The number of rotatable bonds is 2. The summed E-state index contributed by atoms with van der Waals surface area (Å²) in [6.07, 6.45) is 1.59. The first-order chi connectivity index (χ1) is 14.8. The molecule has 4 rings (SSSR count). The number of urea groups is 1. The van der Waals surface area contributed by atoms with E-state index in [1.807, 2.05) is 59.1 Å². The summed E-state index contributed by atoms with van der Waals surface area (Å²) in [5, 5.41) is 2.97. The first kappa shape index (κ1) is 21.8. The van der Waals surface area contributed by atoms with Crippen molar-refractivity contribution in [3.63, 3.8) is 0 Å². The number of piperidine rings is 1. The van der Waals surface area contributed by atoms with Gasteiger partial charge in [0.05, 0.1) is 4.87 Å². The Kier molecular flexibility index (Phi) is 6.02. The van der Waals surface area contributed by atoms with Crippen molar-refractivity contribution in [3.8, 4) is 0 Å². The highest BCUT2D eigenvalue weighted by Crippen LogP contribution is 2.44. The fraction of sp³-hybridized carbons (Fsp3) is 0.440. The van der Waals surface area contributed by atoms with Crippen LogP contribution >= 0.6 is 11.8 Å². The van der Waals surface area contributed by atoms with Crippen LogP contribution in [0.1, 0.15) is 49.5 Å². The number of nitrogens with zero attached hydrogens (tertiary/aromatic N) is 2. The molecule has 2 aromatic rings. The predicted molar refractivity (Wildman–Crippen MR) is 128 cm³/mol. The number of amides is 3. The second-order valence-electron chi connectivity index (χ2n) is 9.36. The maximum absolute atomic E-state index is 13.4. The van der Waals surface area contributed by atoms with Gasteiger partial charge in [-0.2, -0.15) is 0 Å². The molecular weight excluding hydrogens is 406 g/mol. The lowest BCUT2D eigenvalue weighted by Gasteiger charge is -2.44. The third-order valence-corrected chi connectivity index (χ3v) is 7.83. The Balaban J connectivity index is 1.41. The lowest BCUT2D eigenvalue weighted by atomic mass is 9.86. The van der Waals surface area contributed by atoms with E-state index >= 15 is 0 Å². The Hall–Kier alpha value is -2.47. The predicted octanol–water partition coefficient (Wildman–Crippen LogP) is 5.20. The van der Waals surface area contributed by atoms with Gasteiger partial charge in [-0.15, -0.1) is 11.8 Å². The van der Waals surface area contributed by atoms with E-state index in [0.29, 0.717) is 13.1 Å². The number of nitrogens with one attached hydrogen (secondary N) is 1. The molecule has 0 radical (unpaired) electrons. The molecule has 0 saturated carbocycles. The van der Waals surface area contributed by atoms with E-state index in [0.717, 1.165) is 36.4 Å². The van der Waals surface area contributed by atoms with Crippen molar-refractivity contribution in [2.24, 2.45) is 0 Å². The van der Waals surface area contributed by atoms with Crippen LogP contribution in [0.4, 0.5) is 10.5 Å². The number of anilines is 1. The van der Waals surface area contributed by atoms with Crippen molar-refractivity contribution < 1.29 is 9.59 Å². The Morgan fingerprint density at radius 3 is 2.19 bits per heavy atom. The van der Waals surface area contributed by atoms with Gasteiger partial charge in [-0.1, -0.05) is 51.1 Å². The number of carbonyl (C=O) groups excluding carboxylic acids is 2. The summed E-state index contributed by atoms with van der Waals surface area (Å²) in [5.74, 6) is 1.05. The van der Waals surface area contributed by atoms with Crippen molar-refractivity contribution in [1.29, 1.82) is 0 Å². The molecule has 0 atom stereocenters. The van der Waals surface area contributed by atoms with Crippen molar-refractivity contribution in [1.82, 2.24) is 9.80 Å². The number of likely N-dealkylation sites (tertiary alicyclic amines) is 1. The average Bonchev–Trinajstić information content (AvgIpc) is 3.16. The van der Waals surface area contributed by atoms with Crippen LogP contribution < -0.4 is 5.32 Å². The second kappa shape index (κ2) is 8.58. The number of hydrogen-bond donors (Lipinski definition) is 1. The summed E-state index contributed by atoms with van der Waals surface area (Å²) in [4.78, 5) is 29.7. The van der Waals surface area contributed by atoms with E-state index in [1.54, 1.807) is 0 Å². The van der Waals surface area contributed by atoms with Crippen LogP contribution in [0.3, 0.4) is 0 Å². The van der Waals surface area contributed by atoms with Gasteiger partial charge >= 0.3 is 6.03 Å². The molecule has 0 aromatic heterocycles. The first-order valence-electron chi connectivity index (χ1n) is 11.0. The van der Waals surface area contributed by atoms with Gasteiger partial charge in [-0.3, -0.25) is 4.79 Å². The second-order valence-corrected chi connectivity index (χ2v) is 10.8. The highest BCUT2D eigenvalue weighted by atomic mass is 32.2. The molecule has 0 bridgehead atoms.